The Balaban J connectivity index is 1.40. The fourth-order valence-electron chi connectivity index (χ4n) is 4.48. The smallest absolute Gasteiger partial charge is 0.382 e. The third-order valence-electron chi connectivity index (χ3n) is 6.46. The molecule has 3 N–H and O–H groups in total. The van der Waals surface area contributed by atoms with Crippen LogP contribution in [-0.4, -0.2) is 61.6 Å². The summed E-state index contributed by atoms with van der Waals surface area (Å²) in [5.74, 6) is -2.14. The number of aryl methyl sites for hydroxylation is 1. The van der Waals surface area contributed by atoms with Crippen LogP contribution in [0.4, 0.5) is 27.8 Å². The average Bonchev–Trinajstić information content (AvgIpc) is 3.46. The number of nitrogens with one attached hydrogen (secondary N) is 1. The summed E-state index contributed by atoms with van der Waals surface area (Å²) in [4.78, 5) is 34.8. The molecule has 0 radical (unpaired) electrons. The lowest BCUT2D eigenvalue weighted by molar-refractivity contribution is -0.136. The summed E-state index contributed by atoms with van der Waals surface area (Å²) in [6.07, 6.45) is -4.06. The number of carbonyl (C=O) groups is 2. The number of amides is 2. The minimum atomic E-state index is -4.75. The van der Waals surface area contributed by atoms with E-state index in [1.165, 1.54) is 36.2 Å². The number of alkyl halides is 4. The lowest BCUT2D eigenvalue weighted by atomic mass is 10.1. The highest BCUT2D eigenvalue weighted by molar-refractivity contribution is 5.97. The Labute approximate surface area is 217 Å². The van der Waals surface area contributed by atoms with Crippen molar-refractivity contribution in [3.63, 3.8) is 0 Å². The van der Waals surface area contributed by atoms with Crippen LogP contribution in [0.5, 0.6) is 0 Å². The minimum absolute atomic E-state index is 0.00597. The normalized spacial score (nSPS) is 17.5. The molecule has 4 aromatic rings. The third kappa shape index (κ3) is 4.84. The fourth-order valence-corrected chi connectivity index (χ4v) is 4.48. The molecule has 1 aliphatic rings. The number of fused-ring (bicyclic) bond motifs is 1. The van der Waals surface area contributed by atoms with E-state index in [0.29, 0.717) is 0 Å². The number of anilines is 1. The molecule has 14 heteroatoms. The van der Waals surface area contributed by atoms with E-state index in [0.717, 1.165) is 29.0 Å². The zero-order chi connectivity index (χ0) is 28.1. The van der Waals surface area contributed by atoms with Crippen LogP contribution in [-0.2, 0) is 6.18 Å². The Morgan fingerprint density at radius 1 is 1.10 bits per heavy atom. The molecule has 1 aliphatic heterocycles. The molecule has 202 valence electrons. The van der Waals surface area contributed by atoms with Crippen molar-refractivity contribution in [2.45, 2.75) is 25.3 Å². The predicted molar refractivity (Wildman–Crippen MR) is 129 cm³/mol. The summed E-state index contributed by atoms with van der Waals surface area (Å²) in [5, 5.41) is 6.43. The molecule has 1 fully saturated rings. The van der Waals surface area contributed by atoms with Gasteiger partial charge in [0, 0.05) is 23.9 Å². The van der Waals surface area contributed by atoms with Crippen molar-refractivity contribution in [2.24, 2.45) is 0 Å². The minimum Gasteiger partial charge on any atom is -0.382 e. The van der Waals surface area contributed by atoms with E-state index in [2.05, 4.69) is 20.4 Å². The summed E-state index contributed by atoms with van der Waals surface area (Å²) in [6, 6.07) is 5.90. The first kappa shape index (κ1) is 26.0. The van der Waals surface area contributed by atoms with Crippen molar-refractivity contribution in [2.75, 3.05) is 18.8 Å². The van der Waals surface area contributed by atoms with Gasteiger partial charge in [-0.2, -0.15) is 18.3 Å². The maximum absolute atomic E-state index is 14.8. The van der Waals surface area contributed by atoms with Gasteiger partial charge in [0.05, 0.1) is 35.1 Å². The molecule has 1 saturated heterocycles. The molecule has 2 amide bonds. The van der Waals surface area contributed by atoms with Crippen LogP contribution in [0, 0.1) is 12.7 Å². The predicted octanol–water partition coefficient (Wildman–Crippen LogP) is 3.43. The van der Waals surface area contributed by atoms with Crippen LogP contribution in [0.15, 0.2) is 48.9 Å². The molecule has 5 rings (SSSR count). The number of hydrogen-bond donors (Lipinski definition) is 2. The first-order chi connectivity index (χ1) is 18.4. The lowest BCUT2D eigenvalue weighted by Gasteiger charge is -2.17. The van der Waals surface area contributed by atoms with Crippen LogP contribution in [0.2, 0.25) is 0 Å². The number of hydrogen-bond acceptors (Lipinski definition) is 6. The van der Waals surface area contributed by atoms with Gasteiger partial charge in [-0.25, -0.2) is 18.3 Å². The topological polar surface area (TPSA) is 119 Å². The molecule has 39 heavy (non-hydrogen) atoms. The van der Waals surface area contributed by atoms with Crippen LogP contribution in [0.3, 0.4) is 0 Å². The fraction of sp³-hybridized carbons (Fsp3) is 0.240. The van der Waals surface area contributed by atoms with Gasteiger partial charge in [-0.1, -0.05) is 0 Å². The highest BCUT2D eigenvalue weighted by atomic mass is 19.4. The van der Waals surface area contributed by atoms with E-state index in [-0.39, 0.29) is 47.0 Å². The number of halogens is 5. The number of pyridine rings is 1. The molecule has 0 aliphatic carbocycles. The van der Waals surface area contributed by atoms with Crippen molar-refractivity contribution >= 4 is 23.1 Å². The van der Waals surface area contributed by atoms with Crippen molar-refractivity contribution in [1.82, 2.24) is 29.8 Å². The van der Waals surface area contributed by atoms with Crippen molar-refractivity contribution < 1.29 is 31.5 Å². The Morgan fingerprint density at radius 2 is 1.82 bits per heavy atom. The highest BCUT2D eigenvalue weighted by Crippen LogP contribution is 2.38. The van der Waals surface area contributed by atoms with Gasteiger partial charge in [-0.15, -0.1) is 0 Å². The van der Waals surface area contributed by atoms with Gasteiger partial charge in [-0.3, -0.25) is 14.6 Å². The number of nitrogens with two attached hydrogens (primary N) is 1. The molecule has 1 unspecified atom stereocenters. The highest BCUT2D eigenvalue weighted by Gasteiger charge is 2.38. The van der Waals surface area contributed by atoms with Crippen molar-refractivity contribution in [3.05, 3.63) is 77.1 Å². The maximum Gasteiger partial charge on any atom is 0.418 e. The van der Waals surface area contributed by atoms with Gasteiger partial charge in [0.25, 0.3) is 11.8 Å². The first-order valence-corrected chi connectivity index (χ1v) is 11.6. The summed E-state index contributed by atoms with van der Waals surface area (Å²) >= 11 is 0. The number of likely N-dealkylation sites (tertiary alicyclic amines) is 1. The second-order valence-electron chi connectivity index (χ2n) is 9.02. The van der Waals surface area contributed by atoms with E-state index < -0.39 is 47.1 Å². The van der Waals surface area contributed by atoms with Gasteiger partial charge in [0.1, 0.15) is 23.8 Å². The number of nitrogen functional groups attached to an aromatic ring is 1. The van der Waals surface area contributed by atoms with E-state index in [1.54, 1.807) is 0 Å². The molecule has 0 bridgehead atoms. The van der Waals surface area contributed by atoms with Gasteiger partial charge in [0.15, 0.2) is 5.82 Å². The molecule has 0 spiro atoms. The summed E-state index contributed by atoms with van der Waals surface area (Å²) in [7, 11) is 0. The number of rotatable bonds is 4. The lowest BCUT2D eigenvalue weighted by Crippen LogP contribution is -2.42. The largest absolute Gasteiger partial charge is 0.418 e. The Hall–Kier alpha value is -4.62. The van der Waals surface area contributed by atoms with Gasteiger partial charge in [-0.05, 0) is 43.3 Å². The number of nitrogens with zero attached hydrogens (tertiary/aromatic N) is 5. The van der Waals surface area contributed by atoms with Crippen LogP contribution in [0.1, 0.15) is 32.0 Å². The Morgan fingerprint density at radius 3 is 2.51 bits per heavy atom. The molecule has 1 aromatic carbocycles. The van der Waals surface area contributed by atoms with E-state index in [4.69, 9.17) is 5.73 Å². The summed E-state index contributed by atoms with van der Waals surface area (Å²) in [5.41, 5.74) is 4.71. The van der Waals surface area contributed by atoms with Crippen LogP contribution >= 0.6 is 0 Å². The first-order valence-electron chi connectivity index (χ1n) is 11.6. The third-order valence-corrected chi connectivity index (χ3v) is 6.46. The Bertz CT molecular complexity index is 1590. The van der Waals surface area contributed by atoms with Gasteiger partial charge >= 0.3 is 6.18 Å². The standard InChI is InChI=1S/C25H20F5N7O2/c1-12-16(23(38)35-19-10-36(9-18(19)27)24(39)13-2-4-15(26)5-3-13)6-14(8-32-12)20-7-17(25(28,29)30)21-22(31)33-11-34-37(20)21/h2-8,11,18-19H,9-10H2,1H3,(H,35,38)(H2,31,33,34)/t18?,19-/m1/s1. The molecular weight excluding hydrogens is 525 g/mol. The van der Waals surface area contributed by atoms with Crippen molar-refractivity contribution in [3.8, 4) is 11.3 Å². The Kier molecular flexibility index (Phi) is 6.40. The summed E-state index contributed by atoms with van der Waals surface area (Å²) in [6.45, 7) is 1.10. The molecule has 3 aromatic heterocycles. The molecule has 0 saturated carbocycles. The van der Waals surface area contributed by atoms with E-state index >= 15 is 0 Å². The summed E-state index contributed by atoms with van der Waals surface area (Å²) < 4.78 is 70.0. The average molecular weight is 545 g/mol. The maximum atomic E-state index is 14.8. The number of benzene rings is 1. The molecule has 2 atom stereocenters. The quantitative estimate of drug-likeness (QED) is 0.380. The zero-order valence-electron chi connectivity index (χ0n) is 20.2. The van der Waals surface area contributed by atoms with Gasteiger partial charge in [0.2, 0.25) is 0 Å². The number of aromatic nitrogens is 4. The SMILES string of the molecule is Cc1ncc(-c2cc(C(F)(F)F)c3c(N)ncnn23)cc1C(=O)N[C@@H]1CN(C(=O)c2ccc(F)cc2)CC1F. The second kappa shape index (κ2) is 9.60. The van der Waals surface area contributed by atoms with E-state index in [9.17, 15) is 31.5 Å². The van der Waals surface area contributed by atoms with Crippen molar-refractivity contribution in [1.29, 1.82) is 0 Å². The number of carbonyl (C=O) groups excluding carboxylic acids is 2. The van der Waals surface area contributed by atoms with Crippen LogP contribution < -0.4 is 11.1 Å². The molecular formula is C25H20F5N7O2. The second-order valence-corrected chi connectivity index (χ2v) is 9.02. The monoisotopic (exact) mass is 545 g/mol. The van der Waals surface area contributed by atoms with E-state index in [1.807, 2.05) is 0 Å². The van der Waals surface area contributed by atoms with Crippen LogP contribution in [0.25, 0.3) is 16.8 Å². The van der Waals surface area contributed by atoms with Gasteiger partial charge < -0.3 is 16.0 Å². The molecule has 4 heterocycles. The molecule has 9 nitrogen and oxygen atoms in total. The zero-order valence-corrected chi connectivity index (χ0v) is 20.2.